The van der Waals surface area contributed by atoms with Crippen molar-refractivity contribution in [3.05, 3.63) is 24.3 Å². The number of unbranched alkanes of at least 4 members (excludes halogenated alkanes) is 3. The second-order valence-corrected chi connectivity index (χ2v) is 3.02. The maximum Gasteiger partial charge on any atom is 0.0692 e. The van der Waals surface area contributed by atoms with Crippen LogP contribution in [0.5, 0.6) is 0 Å². The fourth-order valence-electron chi connectivity index (χ4n) is 0.984. The molecule has 1 heteroatoms. The summed E-state index contributed by atoms with van der Waals surface area (Å²) < 4.78 is 0. The van der Waals surface area contributed by atoms with Crippen molar-refractivity contribution in [3.63, 3.8) is 0 Å². The summed E-state index contributed by atoms with van der Waals surface area (Å²) in [6.45, 7) is 3.82. The second-order valence-electron chi connectivity index (χ2n) is 3.02. The summed E-state index contributed by atoms with van der Waals surface area (Å²) in [6, 6.07) is 0. The van der Waals surface area contributed by atoms with Crippen LogP contribution >= 0.6 is 0 Å². The lowest BCUT2D eigenvalue weighted by atomic mass is 10.1. The van der Waals surface area contributed by atoms with E-state index in [4.69, 9.17) is 5.11 Å². The topological polar surface area (TPSA) is 20.2 Å². The maximum atomic E-state index is 8.90. The minimum Gasteiger partial charge on any atom is -0.389 e. The van der Waals surface area contributed by atoms with Crippen molar-refractivity contribution in [2.45, 2.75) is 45.6 Å². The van der Waals surface area contributed by atoms with Gasteiger partial charge in [-0.15, -0.1) is 0 Å². The Labute approximate surface area is 75.8 Å². The Hall–Kier alpha value is -0.560. The van der Waals surface area contributed by atoms with Crippen LogP contribution in [0.25, 0.3) is 0 Å². The summed E-state index contributed by atoms with van der Waals surface area (Å²) in [5.74, 6) is 0. The number of hydrogen-bond acceptors (Lipinski definition) is 1. The average Bonchev–Trinajstić information content (AvgIpc) is 2.02. The molecule has 0 spiro atoms. The standard InChI is InChI=1S/C11H20O/c1-3-4-5-6-7-8-9-10-11(2)12/h3-4,9-12H,5-8H2,1-2H3/b4-3+,10-9+. The fraction of sp³-hybridized carbons (Fsp3) is 0.636. The van der Waals surface area contributed by atoms with E-state index in [0.29, 0.717) is 0 Å². The molecule has 0 aromatic carbocycles. The van der Waals surface area contributed by atoms with E-state index in [0.717, 1.165) is 6.42 Å². The number of rotatable bonds is 6. The van der Waals surface area contributed by atoms with Crippen LogP contribution in [0.3, 0.4) is 0 Å². The van der Waals surface area contributed by atoms with Gasteiger partial charge in [0.2, 0.25) is 0 Å². The molecule has 0 saturated heterocycles. The molecule has 0 rings (SSSR count). The molecule has 0 bridgehead atoms. The van der Waals surface area contributed by atoms with Crippen LogP contribution < -0.4 is 0 Å². The molecule has 1 unspecified atom stereocenters. The molecule has 0 aromatic rings. The van der Waals surface area contributed by atoms with Crippen molar-refractivity contribution in [2.75, 3.05) is 0 Å². The summed E-state index contributed by atoms with van der Waals surface area (Å²) in [5.41, 5.74) is 0. The normalized spacial score (nSPS) is 14.6. The zero-order valence-corrected chi connectivity index (χ0v) is 8.16. The molecule has 0 aliphatic heterocycles. The molecule has 0 fully saturated rings. The molecule has 0 aliphatic rings. The molecule has 0 aromatic heterocycles. The van der Waals surface area contributed by atoms with Gasteiger partial charge < -0.3 is 5.11 Å². The van der Waals surface area contributed by atoms with Crippen LogP contribution in [0.15, 0.2) is 24.3 Å². The van der Waals surface area contributed by atoms with Crippen molar-refractivity contribution in [1.82, 2.24) is 0 Å². The van der Waals surface area contributed by atoms with Gasteiger partial charge in [0.25, 0.3) is 0 Å². The lowest BCUT2D eigenvalue weighted by Gasteiger charge is -1.94. The minimum absolute atomic E-state index is 0.291. The van der Waals surface area contributed by atoms with E-state index in [1.54, 1.807) is 6.92 Å². The van der Waals surface area contributed by atoms with Gasteiger partial charge in [0.15, 0.2) is 0 Å². The molecule has 1 atom stereocenters. The molecule has 0 aliphatic carbocycles. The molecule has 12 heavy (non-hydrogen) atoms. The minimum atomic E-state index is -0.291. The van der Waals surface area contributed by atoms with Gasteiger partial charge in [-0.05, 0) is 39.5 Å². The van der Waals surface area contributed by atoms with Gasteiger partial charge in [0.1, 0.15) is 0 Å². The van der Waals surface area contributed by atoms with Crippen LogP contribution in [0.2, 0.25) is 0 Å². The number of aliphatic hydroxyl groups excluding tert-OH is 1. The molecule has 0 heterocycles. The van der Waals surface area contributed by atoms with Gasteiger partial charge in [-0.2, -0.15) is 0 Å². The molecular formula is C11H20O. The summed E-state index contributed by atoms with van der Waals surface area (Å²) in [7, 11) is 0. The van der Waals surface area contributed by atoms with Crippen LogP contribution in [0.1, 0.15) is 39.5 Å². The highest BCUT2D eigenvalue weighted by Crippen LogP contribution is 2.01. The quantitative estimate of drug-likeness (QED) is 0.477. The SMILES string of the molecule is C/C=C/CCCC/C=C/C(C)O. The highest BCUT2D eigenvalue weighted by Gasteiger charge is 1.85. The summed E-state index contributed by atoms with van der Waals surface area (Å²) in [4.78, 5) is 0. The maximum absolute atomic E-state index is 8.90. The van der Waals surface area contributed by atoms with Crippen LogP contribution in [0.4, 0.5) is 0 Å². The largest absolute Gasteiger partial charge is 0.389 e. The Morgan fingerprint density at radius 1 is 1.17 bits per heavy atom. The number of aliphatic hydroxyl groups is 1. The summed E-state index contributed by atoms with van der Waals surface area (Å²) in [5, 5.41) is 8.90. The van der Waals surface area contributed by atoms with Gasteiger partial charge in [0, 0.05) is 0 Å². The van der Waals surface area contributed by atoms with E-state index in [1.807, 2.05) is 13.0 Å². The van der Waals surface area contributed by atoms with E-state index in [2.05, 4.69) is 18.2 Å². The molecule has 0 saturated carbocycles. The Balaban J connectivity index is 3.10. The molecule has 70 valence electrons. The van der Waals surface area contributed by atoms with E-state index < -0.39 is 0 Å². The van der Waals surface area contributed by atoms with Gasteiger partial charge in [-0.1, -0.05) is 24.3 Å². The summed E-state index contributed by atoms with van der Waals surface area (Å²) >= 11 is 0. The summed E-state index contributed by atoms with van der Waals surface area (Å²) in [6.07, 6.45) is 12.6. The Kier molecular flexibility index (Phi) is 8.14. The Morgan fingerprint density at radius 2 is 1.75 bits per heavy atom. The lowest BCUT2D eigenvalue weighted by Crippen LogP contribution is -1.91. The number of hydrogen-bond donors (Lipinski definition) is 1. The van der Waals surface area contributed by atoms with Crippen molar-refractivity contribution >= 4 is 0 Å². The van der Waals surface area contributed by atoms with Gasteiger partial charge in [-0.3, -0.25) is 0 Å². The van der Waals surface area contributed by atoms with Crippen LogP contribution in [-0.4, -0.2) is 11.2 Å². The predicted molar refractivity (Wildman–Crippen MR) is 54.1 cm³/mol. The molecule has 0 radical (unpaired) electrons. The zero-order chi connectivity index (χ0) is 9.23. The third-order valence-corrected chi connectivity index (χ3v) is 1.64. The van der Waals surface area contributed by atoms with E-state index in [-0.39, 0.29) is 6.10 Å². The first kappa shape index (κ1) is 11.4. The monoisotopic (exact) mass is 168 g/mol. The molecule has 1 nitrogen and oxygen atoms in total. The van der Waals surface area contributed by atoms with Gasteiger partial charge in [0.05, 0.1) is 6.10 Å². The first-order chi connectivity index (χ1) is 5.77. The predicted octanol–water partition coefficient (Wildman–Crippen LogP) is 3.06. The van der Waals surface area contributed by atoms with Crippen molar-refractivity contribution in [3.8, 4) is 0 Å². The second kappa shape index (κ2) is 8.54. The van der Waals surface area contributed by atoms with Crippen molar-refractivity contribution < 1.29 is 5.11 Å². The highest BCUT2D eigenvalue weighted by atomic mass is 16.3. The van der Waals surface area contributed by atoms with E-state index in [1.165, 1.54) is 19.3 Å². The third kappa shape index (κ3) is 9.44. The van der Waals surface area contributed by atoms with Crippen molar-refractivity contribution in [2.24, 2.45) is 0 Å². The molecule has 0 amide bonds. The Bertz CT molecular complexity index is 134. The zero-order valence-electron chi connectivity index (χ0n) is 8.16. The smallest absolute Gasteiger partial charge is 0.0692 e. The average molecular weight is 168 g/mol. The van der Waals surface area contributed by atoms with E-state index >= 15 is 0 Å². The third-order valence-electron chi connectivity index (χ3n) is 1.64. The van der Waals surface area contributed by atoms with E-state index in [9.17, 15) is 0 Å². The Morgan fingerprint density at radius 3 is 2.25 bits per heavy atom. The van der Waals surface area contributed by atoms with Crippen LogP contribution in [-0.2, 0) is 0 Å². The number of allylic oxidation sites excluding steroid dienone is 3. The van der Waals surface area contributed by atoms with Gasteiger partial charge >= 0.3 is 0 Å². The molecule has 1 N–H and O–H groups in total. The van der Waals surface area contributed by atoms with Gasteiger partial charge in [-0.25, -0.2) is 0 Å². The molecular weight excluding hydrogens is 148 g/mol. The first-order valence-electron chi connectivity index (χ1n) is 4.73. The van der Waals surface area contributed by atoms with Crippen LogP contribution in [0, 0.1) is 0 Å². The first-order valence-corrected chi connectivity index (χ1v) is 4.73. The highest BCUT2D eigenvalue weighted by molar-refractivity contribution is 4.86. The lowest BCUT2D eigenvalue weighted by molar-refractivity contribution is 0.244. The van der Waals surface area contributed by atoms with Crippen molar-refractivity contribution in [1.29, 1.82) is 0 Å². The fourth-order valence-corrected chi connectivity index (χ4v) is 0.984.